The number of amides is 1. The molecule has 10 heteroatoms. The number of hydrogen-bond acceptors (Lipinski definition) is 4. The van der Waals surface area contributed by atoms with Gasteiger partial charge >= 0.3 is 11.9 Å². The summed E-state index contributed by atoms with van der Waals surface area (Å²) in [5.41, 5.74) is -1.19. The molecule has 2 aliphatic rings. The van der Waals surface area contributed by atoms with Gasteiger partial charge in [0.05, 0.1) is 6.54 Å². The SMILES string of the molecule is C[C@H]1CCN(C(=O)[C@@H]2CCCc3nn(Cc4ccnc(C(F)(F)F)c4)c(=O)n32)C1. The second-order valence-electron chi connectivity index (χ2n) is 7.86. The van der Waals surface area contributed by atoms with E-state index in [2.05, 4.69) is 17.0 Å². The molecule has 1 amide bonds. The number of carbonyl (C=O) groups is 1. The summed E-state index contributed by atoms with van der Waals surface area (Å²) in [6.45, 7) is 3.36. The van der Waals surface area contributed by atoms with Crippen LogP contribution in [0.25, 0.3) is 0 Å². The third-order valence-corrected chi connectivity index (χ3v) is 5.60. The summed E-state index contributed by atoms with van der Waals surface area (Å²) >= 11 is 0. The molecule has 0 spiro atoms. The maximum Gasteiger partial charge on any atom is 0.433 e. The minimum absolute atomic E-state index is 0.0692. The summed E-state index contributed by atoms with van der Waals surface area (Å²) in [6.07, 6.45) is -0.673. The van der Waals surface area contributed by atoms with Crippen LogP contribution in [-0.4, -0.2) is 43.2 Å². The highest BCUT2D eigenvalue weighted by atomic mass is 19.4. The summed E-state index contributed by atoms with van der Waals surface area (Å²) in [5, 5.41) is 4.31. The minimum atomic E-state index is -4.56. The van der Waals surface area contributed by atoms with Crippen molar-refractivity contribution < 1.29 is 18.0 Å². The van der Waals surface area contributed by atoms with E-state index in [0.717, 1.165) is 29.8 Å². The van der Waals surface area contributed by atoms with Crippen molar-refractivity contribution in [2.75, 3.05) is 13.1 Å². The molecule has 0 aliphatic carbocycles. The maximum absolute atomic E-state index is 13.0. The van der Waals surface area contributed by atoms with Crippen LogP contribution in [0.5, 0.6) is 0 Å². The summed E-state index contributed by atoms with van der Waals surface area (Å²) in [6, 6.07) is 1.75. The first kappa shape index (κ1) is 19.7. The molecule has 0 bridgehead atoms. The van der Waals surface area contributed by atoms with Crippen molar-refractivity contribution in [2.24, 2.45) is 5.92 Å². The quantitative estimate of drug-likeness (QED) is 0.780. The fraction of sp³-hybridized carbons (Fsp3) is 0.579. The Balaban J connectivity index is 1.62. The highest BCUT2D eigenvalue weighted by molar-refractivity contribution is 5.81. The van der Waals surface area contributed by atoms with Gasteiger partial charge in [0.1, 0.15) is 17.6 Å². The van der Waals surface area contributed by atoms with Crippen molar-refractivity contribution in [3.63, 3.8) is 0 Å². The zero-order valence-electron chi connectivity index (χ0n) is 16.0. The lowest BCUT2D eigenvalue weighted by atomic mass is 10.0. The van der Waals surface area contributed by atoms with Gasteiger partial charge in [0.2, 0.25) is 5.91 Å². The summed E-state index contributed by atoms with van der Waals surface area (Å²) in [7, 11) is 0. The van der Waals surface area contributed by atoms with Crippen LogP contribution in [0.4, 0.5) is 13.2 Å². The second-order valence-corrected chi connectivity index (χ2v) is 7.86. The van der Waals surface area contributed by atoms with Gasteiger partial charge in [-0.2, -0.15) is 18.3 Å². The normalized spacial score (nSPS) is 22.0. The van der Waals surface area contributed by atoms with E-state index >= 15 is 0 Å². The number of carbonyl (C=O) groups excluding carboxylic acids is 1. The largest absolute Gasteiger partial charge is 0.433 e. The Morgan fingerprint density at radius 1 is 1.31 bits per heavy atom. The Hall–Kier alpha value is -2.65. The van der Waals surface area contributed by atoms with Crippen molar-refractivity contribution in [1.29, 1.82) is 0 Å². The van der Waals surface area contributed by atoms with Gasteiger partial charge in [0.25, 0.3) is 0 Å². The molecule has 0 saturated carbocycles. The molecular formula is C19H22F3N5O2. The molecule has 29 heavy (non-hydrogen) atoms. The third-order valence-electron chi connectivity index (χ3n) is 5.60. The standard InChI is InChI=1S/C19H22F3N5O2/c1-12-6-8-25(10-12)17(28)14-3-2-4-16-24-26(18(29)27(14)16)11-13-5-7-23-15(9-13)19(20,21)22/h5,7,9,12,14H,2-4,6,8,10-11H2,1H3/t12-,14-/m0/s1. The molecule has 0 unspecified atom stereocenters. The Kier molecular flexibility index (Phi) is 4.95. The van der Waals surface area contributed by atoms with Gasteiger partial charge in [-0.05, 0) is 42.9 Å². The molecule has 0 radical (unpaired) electrons. The molecule has 156 valence electrons. The Bertz CT molecular complexity index is 981. The molecule has 4 rings (SSSR count). The Morgan fingerprint density at radius 2 is 2.10 bits per heavy atom. The third kappa shape index (κ3) is 3.79. The summed E-state index contributed by atoms with van der Waals surface area (Å²) < 4.78 is 41.3. The molecule has 4 heterocycles. The highest BCUT2D eigenvalue weighted by Crippen LogP contribution is 2.29. The second kappa shape index (κ2) is 7.31. The first-order valence-electron chi connectivity index (χ1n) is 9.73. The van der Waals surface area contributed by atoms with Crippen molar-refractivity contribution in [3.05, 3.63) is 45.9 Å². The zero-order valence-corrected chi connectivity index (χ0v) is 16.0. The average Bonchev–Trinajstić information content (AvgIpc) is 3.24. The lowest BCUT2D eigenvalue weighted by molar-refractivity contribution is -0.141. The number of nitrogens with zero attached hydrogens (tertiary/aromatic N) is 5. The predicted octanol–water partition coefficient (Wildman–Crippen LogP) is 2.25. The Morgan fingerprint density at radius 3 is 2.79 bits per heavy atom. The first-order chi connectivity index (χ1) is 13.7. The predicted molar refractivity (Wildman–Crippen MR) is 97.2 cm³/mol. The molecule has 0 N–H and O–H groups in total. The van der Waals surface area contributed by atoms with Crippen molar-refractivity contribution >= 4 is 5.91 Å². The monoisotopic (exact) mass is 409 g/mol. The van der Waals surface area contributed by atoms with Crippen LogP contribution >= 0.6 is 0 Å². The van der Waals surface area contributed by atoms with Crippen molar-refractivity contribution in [3.8, 4) is 0 Å². The average molecular weight is 409 g/mol. The van der Waals surface area contributed by atoms with Gasteiger partial charge in [-0.25, -0.2) is 9.48 Å². The molecule has 2 atom stereocenters. The van der Waals surface area contributed by atoms with Crippen LogP contribution in [0.3, 0.4) is 0 Å². The molecular weight excluding hydrogens is 387 g/mol. The van der Waals surface area contributed by atoms with E-state index in [-0.39, 0.29) is 18.0 Å². The number of aryl methyl sites for hydroxylation is 1. The van der Waals surface area contributed by atoms with E-state index in [1.807, 2.05) is 0 Å². The molecule has 2 aromatic rings. The molecule has 0 aromatic carbocycles. The molecule has 1 saturated heterocycles. The molecule has 2 aliphatic heterocycles. The van der Waals surface area contributed by atoms with Gasteiger partial charge in [-0.1, -0.05) is 6.92 Å². The zero-order chi connectivity index (χ0) is 20.8. The van der Waals surface area contributed by atoms with Crippen LogP contribution < -0.4 is 5.69 Å². The van der Waals surface area contributed by atoms with Crippen LogP contribution in [0.15, 0.2) is 23.1 Å². The number of halogens is 3. The number of rotatable bonds is 3. The van der Waals surface area contributed by atoms with Gasteiger partial charge in [-0.15, -0.1) is 0 Å². The number of alkyl halides is 3. The molecule has 7 nitrogen and oxygen atoms in total. The van der Waals surface area contributed by atoms with E-state index in [1.54, 1.807) is 4.90 Å². The number of likely N-dealkylation sites (tertiary alicyclic amines) is 1. The topological polar surface area (TPSA) is 73.0 Å². The van der Waals surface area contributed by atoms with E-state index in [9.17, 15) is 22.8 Å². The lowest BCUT2D eigenvalue weighted by Gasteiger charge is -2.27. The van der Waals surface area contributed by atoms with Crippen LogP contribution in [0, 0.1) is 5.92 Å². The highest BCUT2D eigenvalue weighted by Gasteiger charge is 2.36. The first-order valence-corrected chi connectivity index (χ1v) is 9.73. The van der Waals surface area contributed by atoms with Crippen LogP contribution in [0.1, 0.15) is 49.3 Å². The number of aromatic nitrogens is 4. The summed E-state index contributed by atoms with van der Waals surface area (Å²) in [4.78, 5) is 31.1. The van der Waals surface area contributed by atoms with E-state index < -0.39 is 23.6 Å². The minimum Gasteiger partial charge on any atom is -0.341 e. The van der Waals surface area contributed by atoms with Gasteiger partial charge < -0.3 is 4.90 Å². The van der Waals surface area contributed by atoms with Crippen molar-refractivity contribution in [1.82, 2.24) is 24.2 Å². The smallest absolute Gasteiger partial charge is 0.341 e. The Labute approximate surface area is 165 Å². The molecule has 2 aromatic heterocycles. The fourth-order valence-corrected chi connectivity index (χ4v) is 4.11. The van der Waals surface area contributed by atoms with Crippen molar-refractivity contribution in [2.45, 2.75) is 51.4 Å². The number of fused-ring (bicyclic) bond motifs is 1. The van der Waals surface area contributed by atoms with E-state index in [1.165, 1.54) is 10.6 Å². The van der Waals surface area contributed by atoms with E-state index in [4.69, 9.17) is 0 Å². The van der Waals surface area contributed by atoms with Crippen LogP contribution in [0.2, 0.25) is 0 Å². The van der Waals surface area contributed by atoms with Gasteiger partial charge in [0, 0.05) is 25.7 Å². The number of pyridine rings is 1. The van der Waals surface area contributed by atoms with Gasteiger partial charge in [-0.3, -0.25) is 14.3 Å². The van der Waals surface area contributed by atoms with Crippen LogP contribution in [-0.2, 0) is 23.9 Å². The summed E-state index contributed by atoms with van der Waals surface area (Å²) in [5.74, 6) is 0.883. The fourth-order valence-electron chi connectivity index (χ4n) is 4.11. The number of hydrogen-bond donors (Lipinski definition) is 0. The lowest BCUT2D eigenvalue weighted by Crippen LogP contribution is -2.41. The molecule has 1 fully saturated rings. The van der Waals surface area contributed by atoms with Gasteiger partial charge in [0.15, 0.2) is 0 Å². The maximum atomic E-state index is 13.0. The van der Waals surface area contributed by atoms with E-state index in [0.29, 0.717) is 37.7 Å².